The molecule has 0 aliphatic carbocycles. The molecule has 0 saturated heterocycles. The molecule has 0 saturated carbocycles. The number of sulfone groups is 1. The number of nitrogens with zero attached hydrogens (tertiary/aromatic N) is 3. The fourth-order valence-electron chi connectivity index (χ4n) is 3.07. The van der Waals surface area contributed by atoms with Crippen molar-refractivity contribution in [3.05, 3.63) is 78.6 Å². The number of aromatic carboxylic acids is 1. The molecule has 0 fully saturated rings. The van der Waals surface area contributed by atoms with Crippen molar-refractivity contribution in [2.24, 2.45) is 0 Å². The zero-order valence-electron chi connectivity index (χ0n) is 18.4. The summed E-state index contributed by atoms with van der Waals surface area (Å²) in [4.78, 5) is 24.0. The zero-order valence-corrected chi connectivity index (χ0v) is 20.1. The molecule has 11 heteroatoms. The summed E-state index contributed by atoms with van der Waals surface area (Å²) in [5.74, 6) is -1.42. The molecule has 1 heterocycles. The van der Waals surface area contributed by atoms with E-state index in [0.29, 0.717) is 17.3 Å². The Hall–Kier alpha value is -3.44. The van der Waals surface area contributed by atoms with Gasteiger partial charge < -0.3 is 15.0 Å². The first-order valence-corrected chi connectivity index (χ1v) is 12.9. The zero-order chi connectivity index (χ0) is 24.7. The number of allylic oxidation sites excluding steroid dienone is 1. The molecule has 0 radical (unpaired) electrons. The van der Waals surface area contributed by atoms with Crippen molar-refractivity contribution >= 4 is 39.2 Å². The number of amides is 1. The molecular formula is C23H24N4O5S2. The Bertz CT molecular complexity index is 1270. The van der Waals surface area contributed by atoms with Crippen LogP contribution in [0.1, 0.15) is 29.5 Å². The third-order valence-electron chi connectivity index (χ3n) is 4.84. The fraction of sp³-hybridized carbons (Fsp3) is 0.217. The molecule has 1 amide bonds. The Balaban J connectivity index is 1.77. The predicted octanol–water partition coefficient (Wildman–Crippen LogP) is 3.65. The number of carbonyl (C=O) groups is 2. The molecule has 0 aliphatic rings. The number of aromatic nitrogens is 3. The van der Waals surface area contributed by atoms with Gasteiger partial charge in [0.2, 0.25) is 5.91 Å². The number of hydrogen-bond donors (Lipinski definition) is 2. The third-order valence-corrected chi connectivity index (χ3v) is 7.81. The number of hydrogen-bond acceptors (Lipinski definition) is 7. The molecule has 1 aromatic heterocycles. The number of thioether (sulfide) groups is 1. The highest BCUT2D eigenvalue weighted by molar-refractivity contribution is 8.00. The second kappa shape index (κ2) is 11.1. The quantitative estimate of drug-likeness (QED) is 0.301. The molecule has 178 valence electrons. The number of carbonyl (C=O) groups excluding carboxylic acids is 1. The van der Waals surface area contributed by atoms with Crippen LogP contribution in [0.5, 0.6) is 0 Å². The normalized spacial score (nSPS) is 12.1. The maximum absolute atomic E-state index is 12.8. The van der Waals surface area contributed by atoms with Crippen molar-refractivity contribution in [2.75, 3.05) is 5.32 Å². The minimum Gasteiger partial charge on any atom is -0.478 e. The van der Waals surface area contributed by atoms with Gasteiger partial charge in [-0.3, -0.25) is 4.79 Å². The molecule has 0 aliphatic heterocycles. The number of carboxylic acids is 1. The largest absolute Gasteiger partial charge is 0.478 e. The first kappa shape index (κ1) is 25.2. The topological polar surface area (TPSA) is 131 Å². The molecule has 1 unspecified atom stereocenters. The summed E-state index contributed by atoms with van der Waals surface area (Å²) in [7, 11) is -3.63. The maximum Gasteiger partial charge on any atom is 0.335 e. The molecule has 3 aromatic rings. The first-order chi connectivity index (χ1) is 16.2. The van der Waals surface area contributed by atoms with Crippen LogP contribution in [0.2, 0.25) is 0 Å². The van der Waals surface area contributed by atoms with E-state index in [4.69, 9.17) is 5.11 Å². The monoisotopic (exact) mass is 500 g/mol. The summed E-state index contributed by atoms with van der Waals surface area (Å²) >= 11 is 1.17. The van der Waals surface area contributed by atoms with Crippen LogP contribution in [0.4, 0.5) is 5.69 Å². The summed E-state index contributed by atoms with van der Waals surface area (Å²) in [6.45, 7) is 5.85. The predicted molar refractivity (Wildman–Crippen MR) is 130 cm³/mol. The van der Waals surface area contributed by atoms with Crippen molar-refractivity contribution in [1.29, 1.82) is 0 Å². The minimum atomic E-state index is -3.63. The lowest BCUT2D eigenvalue weighted by Gasteiger charge is -2.15. The molecule has 0 spiro atoms. The van der Waals surface area contributed by atoms with E-state index in [1.807, 2.05) is 6.92 Å². The van der Waals surface area contributed by atoms with E-state index < -0.39 is 21.1 Å². The van der Waals surface area contributed by atoms with Crippen molar-refractivity contribution in [3.63, 3.8) is 0 Å². The van der Waals surface area contributed by atoms with Crippen molar-refractivity contribution in [1.82, 2.24) is 14.8 Å². The van der Waals surface area contributed by atoms with Crippen molar-refractivity contribution in [2.45, 2.75) is 40.9 Å². The van der Waals surface area contributed by atoms with E-state index in [-0.39, 0.29) is 34.5 Å². The van der Waals surface area contributed by atoms with Crippen LogP contribution in [0.3, 0.4) is 0 Å². The second-order valence-electron chi connectivity index (χ2n) is 7.26. The van der Waals surface area contributed by atoms with E-state index >= 15 is 0 Å². The summed E-state index contributed by atoms with van der Waals surface area (Å²) in [5, 5.41) is 19.9. The Morgan fingerprint density at radius 2 is 1.82 bits per heavy atom. The smallest absolute Gasteiger partial charge is 0.335 e. The van der Waals surface area contributed by atoms with Gasteiger partial charge in [-0.2, -0.15) is 0 Å². The SMILES string of the molecule is C=CCn1c(CS(=O)(=O)c2ccccc2)nnc1SC(CC)C(=O)Nc1ccc(C(=O)O)cc1. The number of carboxylic acid groups (broad SMARTS) is 1. The Labute approximate surface area is 201 Å². The van der Waals surface area contributed by atoms with Gasteiger partial charge in [0, 0.05) is 12.2 Å². The lowest BCUT2D eigenvalue weighted by atomic mass is 10.2. The Morgan fingerprint density at radius 3 is 2.41 bits per heavy atom. The van der Waals surface area contributed by atoms with Crippen LogP contribution < -0.4 is 5.32 Å². The minimum absolute atomic E-state index is 0.120. The average Bonchev–Trinajstić information content (AvgIpc) is 3.18. The summed E-state index contributed by atoms with van der Waals surface area (Å²) in [5.41, 5.74) is 0.589. The number of rotatable bonds is 11. The van der Waals surface area contributed by atoms with Gasteiger partial charge in [-0.05, 0) is 42.8 Å². The van der Waals surface area contributed by atoms with Crippen LogP contribution >= 0.6 is 11.8 Å². The third kappa shape index (κ3) is 6.12. The van der Waals surface area contributed by atoms with E-state index in [2.05, 4.69) is 22.1 Å². The van der Waals surface area contributed by atoms with Crippen LogP contribution in [-0.2, 0) is 26.9 Å². The Morgan fingerprint density at radius 1 is 1.15 bits per heavy atom. The van der Waals surface area contributed by atoms with Crippen LogP contribution in [0, 0.1) is 0 Å². The van der Waals surface area contributed by atoms with Gasteiger partial charge in [0.05, 0.1) is 15.7 Å². The van der Waals surface area contributed by atoms with E-state index in [1.54, 1.807) is 28.8 Å². The fourth-order valence-corrected chi connectivity index (χ4v) is 5.35. The molecule has 3 rings (SSSR count). The maximum atomic E-state index is 12.8. The van der Waals surface area contributed by atoms with E-state index in [1.165, 1.54) is 48.2 Å². The lowest BCUT2D eigenvalue weighted by molar-refractivity contribution is -0.115. The second-order valence-corrected chi connectivity index (χ2v) is 10.4. The highest BCUT2D eigenvalue weighted by atomic mass is 32.2. The molecule has 34 heavy (non-hydrogen) atoms. The number of benzene rings is 2. The number of anilines is 1. The van der Waals surface area contributed by atoms with Crippen LogP contribution in [0.15, 0.2) is 77.3 Å². The van der Waals surface area contributed by atoms with E-state index in [0.717, 1.165) is 0 Å². The van der Waals surface area contributed by atoms with Crippen LogP contribution in [-0.4, -0.2) is 45.4 Å². The molecule has 2 N–H and O–H groups in total. The van der Waals surface area contributed by atoms with Gasteiger partial charge in [-0.15, -0.1) is 16.8 Å². The first-order valence-electron chi connectivity index (χ1n) is 10.4. The van der Waals surface area contributed by atoms with Gasteiger partial charge in [0.15, 0.2) is 15.0 Å². The van der Waals surface area contributed by atoms with Gasteiger partial charge >= 0.3 is 5.97 Å². The summed E-state index contributed by atoms with van der Waals surface area (Å²) in [6.07, 6.45) is 2.08. The Kier molecular flexibility index (Phi) is 8.24. The average molecular weight is 501 g/mol. The summed E-state index contributed by atoms with van der Waals surface area (Å²) in [6, 6.07) is 14.0. The lowest BCUT2D eigenvalue weighted by Crippen LogP contribution is -2.25. The van der Waals surface area contributed by atoms with Gasteiger partial charge in [0.1, 0.15) is 11.6 Å². The molecule has 1 atom stereocenters. The summed E-state index contributed by atoms with van der Waals surface area (Å²) < 4.78 is 27.3. The standard InChI is InChI=1S/C23H24N4O5S2/c1-3-14-27-20(15-34(31,32)18-8-6-5-7-9-18)25-26-23(27)33-19(4-2)21(28)24-17-12-10-16(11-13-17)22(29)30/h3,5-13,19H,1,4,14-15H2,2H3,(H,24,28)(H,29,30). The van der Waals surface area contributed by atoms with Crippen molar-refractivity contribution in [3.8, 4) is 0 Å². The van der Waals surface area contributed by atoms with Gasteiger partial charge in [-0.1, -0.05) is 43.0 Å². The van der Waals surface area contributed by atoms with Crippen molar-refractivity contribution < 1.29 is 23.1 Å². The highest BCUT2D eigenvalue weighted by Gasteiger charge is 2.25. The molecular weight excluding hydrogens is 476 g/mol. The number of nitrogens with one attached hydrogen (secondary N) is 1. The van der Waals surface area contributed by atoms with E-state index in [9.17, 15) is 18.0 Å². The molecule has 2 aromatic carbocycles. The van der Waals surface area contributed by atoms with Gasteiger partial charge in [0.25, 0.3) is 0 Å². The molecule has 0 bridgehead atoms. The highest BCUT2D eigenvalue weighted by Crippen LogP contribution is 2.27. The molecule has 9 nitrogen and oxygen atoms in total. The van der Waals surface area contributed by atoms with Gasteiger partial charge in [-0.25, -0.2) is 13.2 Å². The van der Waals surface area contributed by atoms with Crippen LogP contribution in [0.25, 0.3) is 0 Å².